The van der Waals surface area contributed by atoms with E-state index in [9.17, 15) is 14.9 Å². The number of hydrogen-bond acceptors (Lipinski definition) is 4. The zero-order valence-electron chi connectivity index (χ0n) is 11.5. The van der Waals surface area contributed by atoms with Crippen LogP contribution >= 0.6 is 0 Å². The van der Waals surface area contributed by atoms with Gasteiger partial charge in [0, 0.05) is 31.3 Å². The molecular weight excluding hydrogens is 258 g/mol. The molecule has 1 aliphatic rings. The predicted octanol–water partition coefficient (Wildman–Crippen LogP) is 1.57. The van der Waals surface area contributed by atoms with Crippen LogP contribution in [0.5, 0.6) is 0 Å². The normalized spacial score (nSPS) is 15.7. The van der Waals surface area contributed by atoms with Gasteiger partial charge in [0.15, 0.2) is 0 Å². The molecule has 1 saturated carbocycles. The maximum Gasteiger partial charge on any atom is 0.269 e. The lowest BCUT2D eigenvalue weighted by Crippen LogP contribution is -2.34. The number of nitrogens with one attached hydrogen (secondary N) is 2. The van der Waals surface area contributed by atoms with E-state index in [4.69, 9.17) is 0 Å². The highest BCUT2D eigenvalue weighted by atomic mass is 16.6. The monoisotopic (exact) mass is 277 g/mol. The summed E-state index contributed by atoms with van der Waals surface area (Å²) < 4.78 is 0. The molecule has 1 atom stereocenters. The molecule has 2 rings (SSSR count). The van der Waals surface area contributed by atoms with Crippen molar-refractivity contribution in [3.05, 3.63) is 39.9 Å². The molecule has 2 N–H and O–H groups in total. The number of carbonyl (C=O) groups excluding carboxylic acids is 1. The number of non-ortho nitro benzene ring substituents is 1. The molecule has 1 aromatic rings. The average Bonchev–Trinajstić information content (AvgIpc) is 3.26. The van der Waals surface area contributed by atoms with Gasteiger partial charge in [-0.1, -0.05) is 12.1 Å². The fourth-order valence-corrected chi connectivity index (χ4v) is 1.96. The van der Waals surface area contributed by atoms with Crippen LogP contribution in [0.15, 0.2) is 24.3 Å². The van der Waals surface area contributed by atoms with Gasteiger partial charge in [-0.15, -0.1) is 0 Å². The lowest BCUT2D eigenvalue weighted by atomic mass is 10.00. The van der Waals surface area contributed by atoms with Crippen molar-refractivity contribution in [1.29, 1.82) is 0 Å². The third kappa shape index (κ3) is 4.03. The number of amides is 1. The van der Waals surface area contributed by atoms with Gasteiger partial charge < -0.3 is 10.6 Å². The molecule has 1 aromatic carbocycles. The SMILES string of the molecule is CC(C(=O)NCCNC1CC1)c1cccc([N+](=O)[O-])c1. The van der Waals surface area contributed by atoms with Gasteiger partial charge in [-0.25, -0.2) is 0 Å². The number of benzene rings is 1. The number of carbonyl (C=O) groups is 1. The van der Waals surface area contributed by atoms with Gasteiger partial charge in [0.25, 0.3) is 5.69 Å². The summed E-state index contributed by atoms with van der Waals surface area (Å²) in [4.78, 5) is 22.2. The minimum atomic E-state index is -0.451. The lowest BCUT2D eigenvalue weighted by Gasteiger charge is -2.12. The maximum atomic E-state index is 12.0. The topological polar surface area (TPSA) is 84.3 Å². The minimum absolute atomic E-state index is 0.0116. The average molecular weight is 277 g/mol. The molecular formula is C14H19N3O3. The first-order chi connectivity index (χ1) is 9.58. The molecule has 108 valence electrons. The number of nitro groups is 1. The minimum Gasteiger partial charge on any atom is -0.354 e. The van der Waals surface area contributed by atoms with Crippen LogP contribution in [0, 0.1) is 10.1 Å². The van der Waals surface area contributed by atoms with E-state index in [1.807, 2.05) is 0 Å². The maximum absolute atomic E-state index is 12.0. The van der Waals surface area contributed by atoms with E-state index in [1.165, 1.54) is 25.0 Å². The van der Waals surface area contributed by atoms with Crippen molar-refractivity contribution in [1.82, 2.24) is 10.6 Å². The van der Waals surface area contributed by atoms with E-state index >= 15 is 0 Å². The smallest absolute Gasteiger partial charge is 0.269 e. The number of rotatable bonds is 7. The van der Waals surface area contributed by atoms with Crippen LogP contribution in [-0.2, 0) is 4.79 Å². The Kier molecular flexibility index (Phi) is 4.68. The first-order valence-electron chi connectivity index (χ1n) is 6.83. The van der Waals surface area contributed by atoms with E-state index in [0.29, 0.717) is 18.2 Å². The molecule has 20 heavy (non-hydrogen) atoms. The zero-order chi connectivity index (χ0) is 14.5. The summed E-state index contributed by atoms with van der Waals surface area (Å²) in [5.41, 5.74) is 0.671. The third-order valence-electron chi connectivity index (χ3n) is 3.41. The van der Waals surface area contributed by atoms with Crippen LogP contribution in [-0.4, -0.2) is 30.0 Å². The van der Waals surface area contributed by atoms with Gasteiger partial charge >= 0.3 is 0 Å². The van der Waals surface area contributed by atoms with Crippen molar-refractivity contribution in [2.75, 3.05) is 13.1 Å². The highest BCUT2D eigenvalue weighted by Crippen LogP contribution is 2.21. The first-order valence-corrected chi connectivity index (χ1v) is 6.83. The Labute approximate surface area is 117 Å². The molecule has 6 nitrogen and oxygen atoms in total. The Balaban J connectivity index is 1.84. The van der Waals surface area contributed by atoms with E-state index in [-0.39, 0.29) is 11.6 Å². The Morgan fingerprint density at radius 3 is 2.85 bits per heavy atom. The van der Waals surface area contributed by atoms with E-state index in [0.717, 1.165) is 6.54 Å². The molecule has 0 heterocycles. The van der Waals surface area contributed by atoms with Crippen molar-refractivity contribution in [2.24, 2.45) is 0 Å². The number of hydrogen-bond donors (Lipinski definition) is 2. The van der Waals surface area contributed by atoms with Crippen molar-refractivity contribution < 1.29 is 9.72 Å². The van der Waals surface area contributed by atoms with Gasteiger partial charge in [-0.05, 0) is 25.3 Å². The largest absolute Gasteiger partial charge is 0.354 e. The molecule has 0 spiro atoms. The van der Waals surface area contributed by atoms with Crippen LogP contribution in [0.2, 0.25) is 0 Å². The first kappa shape index (κ1) is 14.5. The van der Waals surface area contributed by atoms with Gasteiger partial charge in [0.05, 0.1) is 10.8 Å². The number of nitro benzene ring substituents is 1. The van der Waals surface area contributed by atoms with Gasteiger partial charge in [-0.2, -0.15) is 0 Å². The van der Waals surface area contributed by atoms with Gasteiger partial charge in [0.2, 0.25) is 5.91 Å². The van der Waals surface area contributed by atoms with Crippen molar-refractivity contribution in [3.63, 3.8) is 0 Å². The summed E-state index contributed by atoms with van der Waals surface area (Å²) in [7, 11) is 0. The van der Waals surface area contributed by atoms with Crippen LogP contribution in [0.4, 0.5) is 5.69 Å². The predicted molar refractivity (Wildman–Crippen MR) is 75.5 cm³/mol. The fourth-order valence-electron chi connectivity index (χ4n) is 1.96. The molecule has 1 fully saturated rings. The lowest BCUT2D eigenvalue weighted by molar-refractivity contribution is -0.384. The fraction of sp³-hybridized carbons (Fsp3) is 0.500. The molecule has 1 amide bonds. The summed E-state index contributed by atoms with van der Waals surface area (Å²) in [6.45, 7) is 3.09. The summed E-state index contributed by atoms with van der Waals surface area (Å²) >= 11 is 0. The second-order valence-electron chi connectivity index (χ2n) is 5.09. The molecule has 0 radical (unpaired) electrons. The molecule has 0 aromatic heterocycles. The van der Waals surface area contributed by atoms with E-state index in [1.54, 1.807) is 19.1 Å². The van der Waals surface area contributed by atoms with Crippen LogP contribution < -0.4 is 10.6 Å². The molecule has 6 heteroatoms. The number of nitrogens with zero attached hydrogens (tertiary/aromatic N) is 1. The molecule has 0 saturated heterocycles. The highest BCUT2D eigenvalue weighted by Gasteiger charge is 2.20. The highest BCUT2D eigenvalue weighted by molar-refractivity contribution is 5.83. The molecule has 1 aliphatic carbocycles. The van der Waals surface area contributed by atoms with Crippen molar-refractivity contribution in [2.45, 2.75) is 31.7 Å². The summed E-state index contributed by atoms with van der Waals surface area (Å²) in [6.07, 6.45) is 2.44. The van der Waals surface area contributed by atoms with Crippen LogP contribution in [0.3, 0.4) is 0 Å². The summed E-state index contributed by atoms with van der Waals surface area (Å²) in [5.74, 6) is -0.501. The zero-order valence-corrected chi connectivity index (χ0v) is 11.5. The second kappa shape index (κ2) is 6.47. The molecule has 0 bridgehead atoms. The van der Waals surface area contributed by atoms with Crippen LogP contribution in [0.1, 0.15) is 31.2 Å². The quantitative estimate of drug-likeness (QED) is 0.450. The molecule has 1 unspecified atom stereocenters. The van der Waals surface area contributed by atoms with E-state index in [2.05, 4.69) is 10.6 Å². The third-order valence-corrected chi connectivity index (χ3v) is 3.41. The van der Waals surface area contributed by atoms with E-state index < -0.39 is 10.8 Å². The second-order valence-corrected chi connectivity index (χ2v) is 5.09. The van der Waals surface area contributed by atoms with Gasteiger partial charge in [-0.3, -0.25) is 14.9 Å². The Bertz CT molecular complexity index is 500. The Morgan fingerprint density at radius 2 is 2.20 bits per heavy atom. The van der Waals surface area contributed by atoms with Crippen molar-refractivity contribution >= 4 is 11.6 Å². The van der Waals surface area contributed by atoms with Crippen molar-refractivity contribution in [3.8, 4) is 0 Å². The molecule has 0 aliphatic heterocycles. The van der Waals surface area contributed by atoms with Gasteiger partial charge in [0.1, 0.15) is 0 Å². The Hall–Kier alpha value is -1.95. The standard InChI is InChI=1S/C14H19N3O3/c1-10(11-3-2-4-13(9-11)17(19)20)14(18)16-8-7-15-12-5-6-12/h2-4,9-10,12,15H,5-8H2,1H3,(H,16,18). The van der Waals surface area contributed by atoms with Crippen LogP contribution in [0.25, 0.3) is 0 Å². The Morgan fingerprint density at radius 1 is 1.45 bits per heavy atom. The summed E-state index contributed by atoms with van der Waals surface area (Å²) in [5, 5.41) is 16.9. The summed E-state index contributed by atoms with van der Waals surface area (Å²) in [6, 6.07) is 6.84.